The molecule has 0 fully saturated rings. The molecule has 148 valence electrons. The van der Waals surface area contributed by atoms with Crippen LogP contribution in [0.4, 0.5) is 0 Å². The number of hydrogen-bond acceptors (Lipinski definition) is 5. The SMILES string of the molecule is CCCCCCCCCOC(=O)CCC(=O)OCCC(C)CCOC. The Morgan fingerprint density at radius 3 is 1.88 bits per heavy atom. The minimum Gasteiger partial charge on any atom is -0.466 e. The van der Waals surface area contributed by atoms with Gasteiger partial charge in [-0.3, -0.25) is 9.59 Å². The molecule has 0 saturated heterocycles. The zero-order valence-electron chi connectivity index (χ0n) is 16.5. The van der Waals surface area contributed by atoms with Crippen molar-refractivity contribution in [3.05, 3.63) is 0 Å². The van der Waals surface area contributed by atoms with E-state index in [0.29, 0.717) is 19.1 Å². The molecule has 0 bridgehead atoms. The smallest absolute Gasteiger partial charge is 0.306 e. The van der Waals surface area contributed by atoms with Crippen LogP contribution in [-0.4, -0.2) is 38.9 Å². The van der Waals surface area contributed by atoms with Gasteiger partial charge in [0.05, 0.1) is 26.1 Å². The van der Waals surface area contributed by atoms with E-state index in [4.69, 9.17) is 14.2 Å². The molecule has 0 N–H and O–H groups in total. The quantitative estimate of drug-likeness (QED) is 0.279. The largest absolute Gasteiger partial charge is 0.466 e. The Morgan fingerprint density at radius 1 is 0.760 bits per heavy atom. The molecule has 0 aliphatic carbocycles. The summed E-state index contributed by atoms with van der Waals surface area (Å²) in [4.78, 5) is 23.2. The second-order valence-corrected chi connectivity index (χ2v) is 6.74. The standard InChI is InChI=1S/C20H38O5/c1-4-5-6-7-8-9-10-15-24-19(21)11-12-20(22)25-17-14-18(2)13-16-23-3/h18H,4-17H2,1-3H3. The summed E-state index contributed by atoms with van der Waals surface area (Å²) in [5, 5.41) is 0. The lowest BCUT2D eigenvalue weighted by molar-refractivity contribution is -0.150. The number of rotatable bonds is 17. The minimum atomic E-state index is -0.327. The van der Waals surface area contributed by atoms with E-state index >= 15 is 0 Å². The van der Waals surface area contributed by atoms with Gasteiger partial charge in [0, 0.05) is 13.7 Å². The van der Waals surface area contributed by atoms with Gasteiger partial charge in [-0.1, -0.05) is 52.4 Å². The molecule has 0 aromatic rings. The fraction of sp³-hybridized carbons (Fsp3) is 0.900. The lowest BCUT2D eigenvalue weighted by atomic mass is 10.1. The number of carbonyl (C=O) groups is 2. The van der Waals surface area contributed by atoms with Crippen LogP contribution in [0.3, 0.4) is 0 Å². The van der Waals surface area contributed by atoms with Crippen LogP contribution < -0.4 is 0 Å². The first-order valence-corrected chi connectivity index (χ1v) is 9.90. The molecule has 5 heteroatoms. The maximum atomic E-state index is 11.6. The highest BCUT2D eigenvalue weighted by Crippen LogP contribution is 2.09. The van der Waals surface area contributed by atoms with Crippen molar-refractivity contribution in [2.24, 2.45) is 5.92 Å². The van der Waals surface area contributed by atoms with Crippen LogP contribution in [0.1, 0.15) is 84.5 Å². The highest BCUT2D eigenvalue weighted by atomic mass is 16.5. The van der Waals surface area contributed by atoms with E-state index < -0.39 is 0 Å². The average molecular weight is 359 g/mol. The first-order chi connectivity index (χ1) is 12.1. The molecule has 1 atom stereocenters. The first-order valence-electron chi connectivity index (χ1n) is 9.90. The number of esters is 2. The Balaban J connectivity index is 3.44. The van der Waals surface area contributed by atoms with Crippen molar-refractivity contribution in [2.45, 2.75) is 84.5 Å². The molecular weight excluding hydrogens is 320 g/mol. The summed E-state index contributed by atoms with van der Waals surface area (Å²) in [6, 6.07) is 0. The molecule has 0 rings (SSSR count). The van der Waals surface area contributed by atoms with Crippen molar-refractivity contribution in [3.63, 3.8) is 0 Å². The summed E-state index contributed by atoms with van der Waals surface area (Å²) in [7, 11) is 1.68. The Morgan fingerprint density at radius 2 is 1.28 bits per heavy atom. The second kappa shape index (κ2) is 17.7. The minimum absolute atomic E-state index is 0.0995. The van der Waals surface area contributed by atoms with Gasteiger partial charge in [0.25, 0.3) is 0 Å². The summed E-state index contributed by atoms with van der Waals surface area (Å²) in [6.45, 7) is 5.89. The lowest BCUT2D eigenvalue weighted by Crippen LogP contribution is -2.13. The first kappa shape index (κ1) is 23.9. The Bertz CT molecular complexity index is 330. The third kappa shape index (κ3) is 17.5. The number of carbonyl (C=O) groups excluding carboxylic acids is 2. The summed E-state index contributed by atoms with van der Waals surface area (Å²) in [6.07, 6.45) is 10.3. The number of unbranched alkanes of at least 4 members (excludes halogenated alkanes) is 6. The summed E-state index contributed by atoms with van der Waals surface area (Å²) in [5.41, 5.74) is 0. The van der Waals surface area contributed by atoms with E-state index in [2.05, 4.69) is 13.8 Å². The molecular formula is C20H38O5. The van der Waals surface area contributed by atoms with Crippen molar-refractivity contribution >= 4 is 11.9 Å². The topological polar surface area (TPSA) is 61.8 Å². The van der Waals surface area contributed by atoms with Crippen molar-refractivity contribution < 1.29 is 23.8 Å². The van der Waals surface area contributed by atoms with Crippen LogP contribution in [0, 0.1) is 5.92 Å². The van der Waals surface area contributed by atoms with Gasteiger partial charge in [-0.15, -0.1) is 0 Å². The maximum Gasteiger partial charge on any atom is 0.306 e. The number of hydrogen-bond donors (Lipinski definition) is 0. The molecule has 0 heterocycles. The molecule has 0 radical (unpaired) electrons. The Labute approximate surface area is 153 Å². The van der Waals surface area contributed by atoms with Crippen LogP contribution in [0.25, 0.3) is 0 Å². The van der Waals surface area contributed by atoms with Crippen molar-refractivity contribution in [2.75, 3.05) is 26.9 Å². The monoisotopic (exact) mass is 358 g/mol. The van der Waals surface area contributed by atoms with E-state index in [1.807, 2.05) is 0 Å². The summed E-state index contributed by atoms with van der Waals surface area (Å²) >= 11 is 0. The molecule has 0 spiro atoms. The zero-order chi connectivity index (χ0) is 18.8. The number of ether oxygens (including phenoxy) is 3. The molecule has 0 saturated carbocycles. The van der Waals surface area contributed by atoms with Gasteiger partial charge in [0.15, 0.2) is 0 Å². The molecule has 0 aliphatic heterocycles. The summed E-state index contributed by atoms with van der Waals surface area (Å²) < 4.78 is 15.3. The predicted octanol–water partition coefficient (Wildman–Crippen LogP) is 4.67. The Kier molecular flexibility index (Phi) is 16.9. The third-order valence-corrected chi connectivity index (χ3v) is 4.23. The summed E-state index contributed by atoms with van der Waals surface area (Å²) in [5.74, 6) is -0.178. The van der Waals surface area contributed by atoms with Crippen molar-refractivity contribution in [3.8, 4) is 0 Å². The van der Waals surface area contributed by atoms with E-state index in [1.54, 1.807) is 7.11 Å². The second-order valence-electron chi connectivity index (χ2n) is 6.74. The van der Waals surface area contributed by atoms with E-state index in [-0.39, 0.29) is 24.8 Å². The van der Waals surface area contributed by atoms with Gasteiger partial charge in [-0.05, 0) is 25.2 Å². The van der Waals surface area contributed by atoms with Gasteiger partial charge < -0.3 is 14.2 Å². The molecule has 25 heavy (non-hydrogen) atoms. The van der Waals surface area contributed by atoms with Gasteiger partial charge in [-0.2, -0.15) is 0 Å². The van der Waals surface area contributed by atoms with Crippen LogP contribution in [0.2, 0.25) is 0 Å². The van der Waals surface area contributed by atoms with E-state index in [1.165, 1.54) is 32.1 Å². The van der Waals surface area contributed by atoms with Crippen LogP contribution in [0.15, 0.2) is 0 Å². The van der Waals surface area contributed by atoms with Gasteiger partial charge in [-0.25, -0.2) is 0 Å². The molecule has 0 amide bonds. The molecule has 1 unspecified atom stereocenters. The molecule has 5 nitrogen and oxygen atoms in total. The number of methoxy groups -OCH3 is 1. The van der Waals surface area contributed by atoms with E-state index in [9.17, 15) is 9.59 Å². The highest BCUT2D eigenvalue weighted by Gasteiger charge is 2.10. The fourth-order valence-corrected chi connectivity index (χ4v) is 2.43. The maximum absolute atomic E-state index is 11.6. The molecule has 0 aromatic carbocycles. The van der Waals surface area contributed by atoms with E-state index in [0.717, 1.165) is 32.3 Å². The highest BCUT2D eigenvalue weighted by molar-refractivity contribution is 5.77. The van der Waals surface area contributed by atoms with Crippen LogP contribution in [0.5, 0.6) is 0 Å². The van der Waals surface area contributed by atoms with Gasteiger partial charge >= 0.3 is 11.9 Å². The zero-order valence-corrected chi connectivity index (χ0v) is 16.5. The molecule has 0 aromatic heterocycles. The van der Waals surface area contributed by atoms with Gasteiger partial charge in [0.2, 0.25) is 0 Å². The molecule has 0 aliphatic rings. The predicted molar refractivity (Wildman–Crippen MR) is 99.4 cm³/mol. The fourth-order valence-electron chi connectivity index (χ4n) is 2.43. The van der Waals surface area contributed by atoms with Crippen molar-refractivity contribution in [1.29, 1.82) is 0 Å². The van der Waals surface area contributed by atoms with Crippen molar-refractivity contribution in [1.82, 2.24) is 0 Å². The lowest BCUT2D eigenvalue weighted by Gasteiger charge is -2.11. The normalized spacial score (nSPS) is 12.0. The average Bonchev–Trinajstić information content (AvgIpc) is 2.60. The Hall–Kier alpha value is -1.10. The third-order valence-electron chi connectivity index (χ3n) is 4.23. The van der Waals surface area contributed by atoms with Crippen LogP contribution >= 0.6 is 0 Å². The van der Waals surface area contributed by atoms with Gasteiger partial charge in [0.1, 0.15) is 0 Å². The van der Waals surface area contributed by atoms with Crippen LogP contribution in [-0.2, 0) is 23.8 Å².